The Labute approximate surface area is 154 Å². The molecule has 0 spiro atoms. The van der Waals surface area contributed by atoms with E-state index in [2.05, 4.69) is 16.5 Å². The van der Waals surface area contributed by atoms with Crippen LogP contribution < -0.4 is 15.0 Å². The molecule has 6 heteroatoms. The molecular weight excluding hydrogens is 352 g/mol. The predicted molar refractivity (Wildman–Crippen MR) is 100 cm³/mol. The van der Waals surface area contributed by atoms with Crippen molar-refractivity contribution < 1.29 is 9.47 Å². The van der Waals surface area contributed by atoms with Gasteiger partial charge in [-0.05, 0) is 42.5 Å². The van der Waals surface area contributed by atoms with Gasteiger partial charge < -0.3 is 14.5 Å². The topological polar surface area (TPSA) is 64.2 Å². The van der Waals surface area contributed by atoms with Crippen LogP contribution in [0.25, 0.3) is 11.4 Å². The van der Waals surface area contributed by atoms with Gasteiger partial charge in [-0.3, -0.25) is 4.79 Å². The van der Waals surface area contributed by atoms with E-state index >= 15 is 0 Å². The maximum Gasteiger partial charge on any atom is 0.258 e. The summed E-state index contributed by atoms with van der Waals surface area (Å²) < 4.78 is 11.3. The highest BCUT2D eigenvalue weighted by Gasteiger charge is 2.22. The van der Waals surface area contributed by atoms with Gasteiger partial charge in [0, 0.05) is 22.6 Å². The molecule has 1 N–H and O–H groups in total. The number of nitrogens with zero attached hydrogens (tertiary/aromatic N) is 1. The molecular formula is C20H15ClN2O3. The van der Waals surface area contributed by atoms with E-state index in [1.807, 2.05) is 24.3 Å². The fourth-order valence-electron chi connectivity index (χ4n) is 2.80. The number of fused-ring (bicyclic) bond motifs is 2. The van der Waals surface area contributed by atoms with Gasteiger partial charge in [0.05, 0.1) is 5.56 Å². The number of halogens is 1. The van der Waals surface area contributed by atoms with Crippen LogP contribution >= 0.6 is 11.6 Å². The number of rotatable bonds is 4. The summed E-state index contributed by atoms with van der Waals surface area (Å²) in [5, 5.41) is 0.607. The van der Waals surface area contributed by atoms with E-state index in [1.165, 1.54) is 0 Å². The van der Waals surface area contributed by atoms with Crippen LogP contribution in [0.3, 0.4) is 0 Å². The maximum absolute atomic E-state index is 12.5. The molecule has 0 amide bonds. The molecule has 4 rings (SSSR count). The maximum atomic E-state index is 12.5. The molecule has 2 aromatic carbocycles. The Morgan fingerprint density at radius 3 is 2.85 bits per heavy atom. The monoisotopic (exact) mass is 366 g/mol. The lowest BCUT2D eigenvalue weighted by atomic mass is 10.0. The Balaban J connectivity index is 1.68. The van der Waals surface area contributed by atoms with E-state index in [-0.39, 0.29) is 5.56 Å². The Bertz CT molecular complexity index is 1040. The minimum atomic E-state index is -0.220. The van der Waals surface area contributed by atoms with Crippen LogP contribution in [0.4, 0.5) is 0 Å². The van der Waals surface area contributed by atoms with Crippen molar-refractivity contribution >= 4 is 11.6 Å². The second kappa shape index (κ2) is 6.69. The Kier molecular flexibility index (Phi) is 4.22. The van der Waals surface area contributed by atoms with E-state index in [0.717, 1.165) is 16.9 Å². The van der Waals surface area contributed by atoms with Crippen molar-refractivity contribution in [3.05, 3.63) is 81.6 Å². The van der Waals surface area contributed by atoms with Crippen molar-refractivity contribution in [1.82, 2.24) is 9.97 Å². The number of aromatic nitrogens is 2. The number of hydrogen-bond acceptors (Lipinski definition) is 4. The van der Waals surface area contributed by atoms with Crippen molar-refractivity contribution in [1.29, 1.82) is 0 Å². The zero-order chi connectivity index (χ0) is 18.1. The van der Waals surface area contributed by atoms with Crippen LogP contribution in [0, 0.1) is 0 Å². The molecule has 2 heterocycles. The largest absolute Gasteiger partial charge is 0.490 e. The summed E-state index contributed by atoms with van der Waals surface area (Å²) in [5.74, 6) is 2.15. The molecule has 130 valence electrons. The van der Waals surface area contributed by atoms with Gasteiger partial charge in [-0.15, -0.1) is 0 Å². The Hall–Kier alpha value is -3.05. The van der Waals surface area contributed by atoms with Crippen LogP contribution in [0.15, 0.2) is 59.9 Å². The van der Waals surface area contributed by atoms with Crippen LogP contribution in [0.2, 0.25) is 5.02 Å². The molecule has 0 fully saturated rings. The highest BCUT2D eigenvalue weighted by atomic mass is 35.5. The zero-order valence-corrected chi connectivity index (χ0v) is 14.5. The number of nitrogens with one attached hydrogen (secondary N) is 1. The van der Waals surface area contributed by atoms with Gasteiger partial charge in [-0.25, -0.2) is 0 Å². The van der Waals surface area contributed by atoms with Crippen molar-refractivity contribution in [3.8, 4) is 28.8 Å². The molecule has 3 aromatic rings. The second-order valence-corrected chi connectivity index (χ2v) is 6.29. The molecule has 0 unspecified atom stereocenters. The lowest BCUT2D eigenvalue weighted by molar-refractivity contribution is 0.363. The number of H-pyrrole nitrogens is 1. The normalized spacial score (nSPS) is 11.9. The van der Waals surface area contributed by atoms with E-state index in [0.29, 0.717) is 41.1 Å². The van der Waals surface area contributed by atoms with E-state index < -0.39 is 0 Å². The molecule has 1 aliphatic heterocycles. The summed E-state index contributed by atoms with van der Waals surface area (Å²) in [7, 11) is 0. The predicted octanol–water partition coefficient (Wildman–Crippen LogP) is 4.35. The summed E-state index contributed by atoms with van der Waals surface area (Å²) in [4.78, 5) is 19.8. The third-order valence-electron chi connectivity index (χ3n) is 4.07. The first-order valence-corrected chi connectivity index (χ1v) is 8.45. The average molecular weight is 367 g/mol. The van der Waals surface area contributed by atoms with Crippen LogP contribution in [0.1, 0.15) is 11.1 Å². The lowest BCUT2D eigenvalue weighted by Gasteiger charge is -2.19. The zero-order valence-electron chi connectivity index (χ0n) is 13.8. The number of ether oxygens (including phenoxy) is 2. The van der Waals surface area contributed by atoms with Crippen molar-refractivity contribution in [3.63, 3.8) is 0 Å². The van der Waals surface area contributed by atoms with Crippen LogP contribution in [0.5, 0.6) is 17.4 Å². The van der Waals surface area contributed by atoms with E-state index in [9.17, 15) is 4.79 Å². The van der Waals surface area contributed by atoms with E-state index in [1.54, 1.807) is 24.3 Å². The molecule has 0 saturated carbocycles. The van der Waals surface area contributed by atoms with Crippen LogP contribution in [-0.2, 0) is 6.42 Å². The van der Waals surface area contributed by atoms with Crippen molar-refractivity contribution in [2.24, 2.45) is 0 Å². The van der Waals surface area contributed by atoms with Crippen molar-refractivity contribution in [2.45, 2.75) is 6.42 Å². The molecule has 1 aromatic heterocycles. The molecule has 0 bridgehead atoms. The highest BCUT2D eigenvalue weighted by Crippen LogP contribution is 2.35. The fourth-order valence-corrected chi connectivity index (χ4v) is 2.99. The summed E-state index contributed by atoms with van der Waals surface area (Å²) in [5.41, 5.74) is 1.91. The Morgan fingerprint density at radius 1 is 1.27 bits per heavy atom. The minimum Gasteiger partial charge on any atom is -0.490 e. The first-order valence-electron chi connectivity index (χ1n) is 8.07. The molecule has 0 radical (unpaired) electrons. The molecule has 0 saturated heterocycles. The standard InChI is InChI=1S/C20H15ClN2O3/c1-2-9-25-15-6-3-12(4-7-15)18-22-19(24)16-11-13-10-14(21)5-8-17(13)26-20(16)23-18/h2-8,10H,1,9,11H2,(H,22,23,24). The summed E-state index contributed by atoms with van der Waals surface area (Å²) in [6, 6.07) is 12.6. The van der Waals surface area contributed by atoms with Gasteiger partial charge in [0.1, 0.15) is 23.9 Å². The van der Waals surface area contributed by atoms with Crippen molar-refractivity contribution in [2.75, 3.05) is 6.61 Å². The van der Waals surface area contributed by atoms with Gasteiger partial charge in [0.2, 0.25) is 5.88 Å². The molecule has 1 aliphatic rings. The molecule has 0 atom stereocenters. The summed E-state index contributed by atoms with van der Waals surface area (Å²) in [6.45, 7) is 4.05. The fraction of sp³-hybridized carbons (Fsp3) is 0.100. The number of benzene rings is 2. The average Bonchev–Trinajstić information content (AvgIpc) is 2.65. The summed E-state index contributed by atoms with van der Waals surface area (Å²) >= 11 is 6.02. The molecule has 26 heavy (non-hydrogen) atoms. The van der Waals surface area contributed by atoms with Crippen LogP contribution in [-0.4, -0.2) is 16.6 Å². The van der Waals surface area contributed by atoms with Gasteiger partial charge in [0.15, 0.2) is 0 Å². The number of aromatic amines is 1. The highest BCUT2D eigenvalue weighted by molar-refractivity contribution is 6.30. The van der Waals surface area contributed by atoms with Gasteiger partial charge in [-0.1, -0.05) is 24.3 Å². The lowest BCUT2D eigenvalue weighted by Crippen LogP contribution is -2.20. The van der Waals surface area contributed by atoms with Gasteiger partial charge in [0.25, 0.3) is 5.56 Å². The molecule has 0 aliphatic carbocycles. The third-order valence-corrected chi connectivity index (χ3v) is 4.30. The van der Waals surface area contributed by atoms with Gasteiger partial charge in [-0.2, -0.15) is 4.98 Å². The smallest absolute Gasteiger partial charge is 0.258 e. The SMILES string of the molecule is C=CCOc1ccc(-c2nc3c(c(=O)[nH]2)Cc2cc(Cl)ccc2O3)cc1. The number of hydrogen-bond donors (Lipinski definition) is 1. The molecule has 5 nitrogen and oxygen atoms in total. The first-order chi connectivity index (χ1) is 12.6. The summed E-state index contributed by atoms with van der Waals surface area (Å²) in [6.07, 6.45) is 2.11. The second-order valence-electron chi connectivity index (χ2n) is 5.85. The minimum absolute atomic E-state index is 0.220. The van der Waals surface area contributed by atoms with Gasteiger partial charge >= 0.3 is 0 Å². The first kappa shape index (κ1) is 16.4. The van der Waals surface area contributed by atoms with E-state index in [4.69, 9.17) is 21.1 Å². The Morgan fingerprint density at radius 2 is 2.08 bits per heavy atom. The third kappa shape index (κ3) is 3.09. The quantitative estimate of drug-likeness (QED) is 0.545.